The van der Waals surface area contributed by atoms with Gasteiger partial charge in [-0.2, -0.15) is 26.3 Å². The van der Waals surface area contributed by atoms with Gasteiger partial charge in [0.1, 0.15) is 5.82 Å². The van der Waals surface area contributed by atoms with E-state index in [4.69, 9.17) is 5.84 Å². The van der Waals surface area contributed by atoms with Gasteiger partial charge in [0.15, 0.2) is 0 Å². The third-order valence-electron chi connectivity index (χ3n) is 5.59. The van der Waals surface area contributed by atoms with Crippen LogP contribution in [0, 0.1) is 5.82 Å². The number of carbonyl (C=O) groups is 1. The Bertz CT molecular complexity index is 1200. The summed E-state index contributed by atoms with van der Waals surface area (Å²) in [5.41, 5.74) is -5.47. The van der Waals surface area contributed by atoms with Crippen LogP contribution in [0.5, 0.6) is 0 Å². The van der Waals surface area contributed by atoms with Gasteiger partial charge in [0.25, 0.3) is 15.6 Å². The van der Waals surface area contributed by atoms with Gasteiger partial charge in [0.2, 0.25) is 5.91 Å². The number of nitrogens with one attached hydrogen (secondary N) is 1. The second kappa shape index (κ2) is 8.95. The van der Waals surface area contributed by atoms with E-state index in [-0.39, 0.29) is 24.1 Å². The molecule has 0 bridgehead atoms. The number of benzene rings is 2. The van der Waals surface area contributed by atoms with E-state index in [1.54, 1.807) is 0 Å². The lowest BCUT2D eigenvalue weighted by molar-refractivity contribution is -0.376. The zero-order chi connectivity index (χ0) is 26.4. The summed E-state index contributed by atoms with van der Waals surface area (Å²) in [4.78, 5) is 11.4. The molecule has 1 aliphatic heterocycles. The maximum Gasteiger partial charge on any atom is 0.430 e. The van der Waals surface area contributed by atoms with Gasteiger partial charge >= 0.3 is 12.4 Å². The van der Waals surface area contributed by atoms with Crippen molar-refractivity contribution in [1.82, 2.24) is 5.43 Å². The van der Waals surface area contributed by atoms with Gasteiger partial charge in [-0.3, -0.25) is 14.5 Å². The quantitative estimate of drug-likeness (QED) is 0.239. The van der Waals surface area contributed by atoms with Crippen LogP contribution in [0.15, 0.2) is 47.4 Å². The number of alkyl halides is 6. The van der Waals surface area contributed by atoms with E-state index in [1.807, 2.05) is 5.43 Å². The predicted octanol–water partition coefficient (Wildman–Crippen LogP) is 3.03. The number of halogens is 7. The molecule has 2 aromatic rings. The summed E-state index contributed by atoms with van der Waals surface area (Å²) in [6.45, 7) is 0. The number of anilines is 1. The third kappa shape index (κ3) is 4.67. The average Bonchev–Trinajstić information content (AvgIpc) is 2.76. The molecule has 0 saturated carbocycles. The molecule has 192 valence electrons. The average molecular weight is 529 g/mol. The molecule has 3 rings (SSSR count). The van der Waals surface area contributed by atoms with Gasteiger partial charge < -0.3 is 5.11 Å². The van der Waals surface area contributed by atoms with Crippen molar-refractivity contribution in [2.45, 2.75) is 48.2 Å². The third-order valence-corrected chi connectivity index (χ3v) is 7.47. The monoisotopic (exact) mass is 529 g/mol. The number of aryl methyl sites for hydroxylation is 1. The van der Waals surface area contributed by atoms with Crippen LogP contribution in [-0.2, 0) is 26.8 Å². The first-order chi connectivity index (χ1) is 16.0. The number of sulfonamides is 1. The van der Waals surface area contributed by atoms with Gasteiger partial charge in [-0.25, -0.2) is 18.7 Å². The number of carbonyl (C=O) groups excluding carboxylic acids is 1. The summed E-state index contributed by atoms with van der Waals surface area (Å²) in [6, 6.07) is 3.85. The number of hydrogen-bond donors (Lipinski definition) is 3. The summed E-state index contributed by atoms with van der Waals surface area (Å²) in [7, 11) is -4.56. The number of hydrogen-bond acceptors (Lipinski definition) is 5. The van der Waals surface area contributed by atoms with Gasteiger partial charge in [0, 0.05) is 12.0 Å². The highest BCUT2D eigenvalue weighted by atomic mass is 32.2. The van der Waals surface area contributed by atoms with E-state index >= 15 is 0 Å². The van der Waals surface area contributed by atoms with E-state index in [0.29, 0.717) is 22.5 Å². The number of nitrogens with two attached hydrogens (primary N) is 1. The number of rotatable bonds is 5. The minimum absolute atomic E-state index is 0.180. The Morgan fingerprint density at radius 1 is 1.06 bits per heavy atom. The van der Waals surface area contributed by atoms with E-state index in [0.717, 1.165) is 24.3 Å². The van der Waals surface area contributed by atoms with Crippen LogP contribution < -0.4 is 15.6 Å². The molecule has 2 aromatic carbocycles. The van der Waals surface area contributed by atoms with Crippen molar-refractivity contribution >= 4 is 21.6 Å². The lowest BCUT2D eigenvalue weighted by atomic mass is 9.87. The van der Waals surface area contributed by atoms with E-state index in [9.17, 15) is 49.1 Å². The lowest BCUT2D eigenvalue weighted by Gasteiger charge is -2.39. The summed E-state index contributed by atoms with van der Waals surface area (Å²) in [6.07, 6.45) is -13.1. The fourth-order valence-electron chi connectivity index (χ4n) is 3.85. The topological polar surface area (TPSA) is 113 Å². The van der Waals surface area contributed by atoms with Crippen LogP contribution in [0.3, 0.4) is 0 Å². The number of aliphatic hydroxyl groups is 1. The smallest absolute Gasteiger partial charge is 0.369 e. The molecule has 1 heterocycles. The van der Waals surface area contributed by atoms with Crippen LogP contribution in [0.1, 0.15) is 24.0 Å². The highest BCUT2D eigenvalue weighted by molar-refractivity contribution is 7.92. The molecule has 0 spiro atoms. The maximum absolute atomic E-state index is 13.4. The number of amides is 1. The van der Waals surface area contributed by atoms with Gasteiger partial charge in [-0.15, -0.1) is 0 Å². The summed E-state index contributed by atoms with van der Waals surface area (Å²) < 4.78 is 121. The fraction of sp³-hybridized carbons (Fsp3) is 0.350. The van der Waals surface area contributed by atoms with E-state index < -0.39 is 62.6 Å². The van der Waals surface area contributed by atoms with Crippen molar-refractivity contribution in [2.75, 3.05) is 4.31 Å². The Morgan fingerprint density at radius 2 is 1.63 bits per heavy atom. The highest BCUT2D eigenvalue weighted by Crippen LogP contribution is 2.51. The van der Waals surface area contributed by atoms with Gasteiger partial charge in [0.05, 0.1) is 16.6 Å². The van der Waals surface area contributed by atoms with Crippen molar-refractivity contribution in [2.24, 2.45) is 5.84 Å². The number of nitrogens with zero attached hydrogens (tertiary/aromatic N) is 1. The van der Waals surface area contributed by atoms with Crippen LogP contribution in [0.2, 0.25) is 0 Å². The van der Waals surface area contributed by atoms with Crippen LogP contribution in [0.25, 0.3) is 0 Å². The normalized spacial score (nSPS) is 17.2. The molecule has 0 fully saturated rings. The van der Waals surface area contributed by atoms with Crippen molar-refractivity contribution in [3.8, 4) is 0 Å². The Kier molecular flexibility index (Phi) is 6.82. The van der Waals surface area contributed by atoms with Crippen LogP contribution >= 0.6 is 0 Å². The standard InChI is InChI=1S/C20H18F7N3O4S/c21-13-3-6-15(7-4-13)35(33,34)30-14(10-17(31)29-28)5-1-11-9-12(2-8-16(11)30)18(32,19(22,23)24)20(25,26)27/h2-4,6-9,14,32H,1,5,10,28H2,(H,29,31). The fourth-order valence-corrected chi connectivity index (χ4v) is 5.57. The summed E-state index contributed by atoms with van der Waals surface area (Å²) in [5, 5.41) is 9.71. The van der Waals surface area contributed by atoms with Crippen LogP contribution in [0.4, 0.5) is 36.4 Å². The van der Waals surface area contributed by atoms with Crippen molar-refractivity contribution in [1.29, 1.82) is 0 Å². The largest absolute Gasteiger partial charge is 0.430 e. The molecule has 15 heteroatoms. The van der Waals surface area contributed by atoms with Crippen molar-refractivity contribution < 1.29 is 49.1 Å². The molecule has 1 unspecified atom stereocenters. The Balaban J connectivity index is 2.19. The SMILES string of the molecule is NNC(=O)CC1CCc2cc(C(O)(C(F)(F)F)C(F)(F)F)ccc2N1S(=O)(=O)c1ccc(F)cc1. The minimum atomic E-state index is -6.13. The van der Waals surface area contributed by atoms with E-state index in [1.165, 1.54) is 0 Å². The molecule has 4 N–H and O–H groups in total. The second-order valence-electron chi connectivity index (χ2n) is 7.77. The molecule has 35 heavy (non-hydrogen) atoms. The zero-order valence-corrected chi connectivity index (χ0v) is 18.3. The first kappa shape index (κ1) is 26.7. The van der Waals surface area contributed by atoms with Crippen molar-refractivity contribution in [3.63, 3.8) is 0 Å². The molecule has 1 aliphatic rings. The first-order valence-corrected chi connectivity index (χ1v) is 11.3. The second-order valence-corrected chi connectivity index (χ2v) is 9.58. The molecule has 1 amide bonds. The molecule has 0 aromatic heterocycles. The zero-order valence-electron chi connectivity index (χ0n) is 17.5. The Hall–Kier alpha value is -2.91. The molecular weight excluding hydrogens is 511 g/mol. The van der Waals surface area contributed by atoms with Gasteiger partial charge in [-0.1, -0.05) is 12.1 Å². The molecule has 1 atom stereocenters. The first-order valence-electron chi connectivity index (χ1n) is 9.82. The predicted molar refractivity (Wildman–Crippen MR) is 108 cm³/mol. The molecular formula is C20H18F7N3O4S. The summed E-state index contributed by atoms with van der Waals surface area (Å²) in [5.74, 6) is 3.53. The molecule has 7 nitrogen and oxygen atoms in total. The van der Waals surface area contributed by atoms with Gasteiger partial charge in [-0.05, 0) is 48.7 Å². The minimum Gasteiger partial charge on any atom is -0.369 e. The molecule has 0 aliphatic carbocycles. The number of fused-ring (bicyclic) bond motifs is 1. The molecule has 0 radical (unpaired) electrons. The maximum atomic E-state index is 13.4. The van der Waals surface area contributed by atoms with Crippen LogP contribution in [-0.4, -0.2) is 37.8 Å². The lowest BCUT2D eigenvalue weighted by Crippen LogP contribution is -2.54. The Labute approximate surface area is 194 Å². The van der Waals surface area contributed by atoms with Crippen molar-refractivity contribution in [3.05, 3.63) is 59.4 Å². The highest BCUT2D eigenvalue weighted by Gasteiger charge is 2.71. The molecule has 0 saturated heterocycles. The Morgan fingerprint density at radius 3 is 2.14 bits per heavy atom. The number of hydrazine groups is 1. The summed E-state index contributed by atoms with van der Waals surface area (Å²) >= 11 is 0. The van der Waals surface area contributed by atoms with E-state index in [2.05, 4.69) is 0 Å².